The van der Waals surface area contributed by atoms with E-state index in [0.29, 0.717) is 5.71 Å². The van der Waals surface area contributed by atoms with E-state index < -0.39 is 0 Å². The Hall–Kier alpha value is -3.50. The highest BCUT2D eigenvalue weighted by atomic mass is 32.1. The standard InChI is InChI=1S/C24H16N2OS/c27-24-23(21-8-4-5-9-22(21)26(24)20-14-15-28-16-20)25-19-12-10-18(11-13-19)17-6-2-1-3-7-17/h1-16H. The Morgan fingerprint density at radius 3 is 2.21 bits per heavy atom. The summed E-state index contributed by atoms with van der Waals surface area (Å²) in [6.07, 6.45) is 0. The minimum atomic E-state index is -0.0910. The molecule has 0 N–H and O–H groups in total. The van der Waals surface area contributed by atoms with Gasteiger partial charge in [-0.3, -0.25) is 9.69 Å². The lowest BCUT2D eigenvalue weighted by Gasteiger charge is -2.14. The van der Waals surface area contributed by atoms with Crippen LogP contribution in [-0.4, -0.2) is 11.6 Å². The van der Waals surface area contributed by atoms with Gasteiger partial charge >= 0.3 is 0 Å². The first kappa shape index (κ1) is 16.7. The molecule has 3 nitrogen and oxygen atoms in total. The molecule has 0 saturated carbocycles. The Morgan fingerprint density at radius 2 is 1.46 bits per heavy atom. The van der Waals surface area contributed by atoms with Crippen molar-refractivity contribution in [3.8, 4) is 11.1 Å². The molecule has 0 spiro atoms. The van der Waals surface area contributed by atoms with Gasteiger partial charge in [-0.15, -0.1) is 0 Å². The van der Waals surface area contributed by atoms with Crippen molar-refractivity contribution in [1.82, 2.24) is 0 Å². The van der Waals surface area contributed by atoms with Gasteiger partial charge in [0, 0.05) is 10.9 Å². The SMILES string of the molecule is O=C1C(=Nc2ccc(-c3ccccc3)cc2)c2ccccc2N1c1ccsc1. The largest absolute Gasteiger partial charge is 0.282 e. The number of hydrogen-bond donors (Lipinski definition) is 0. The van der Waals surface area contributed by atoms with Crippen LogP contribution in [0, 0.1) is 0 Å². The third kappa shape index (κ3) is 2.84. The van der Waals surface area contributed by atoms with E-state index in [4.69, 9.17) is 4.99 Å². The van der Waals surface area contributed by atoms with Crippen LogP contribution in [0.2, 0.25) is 0 Å². The zero-order chi connectivity index (χ0) is 18.9. The van der Waals surface area contributed by atoms with Gasteiger partial charge in [-0.25, -0.2) is 4.99 Å². The van der Waals surface area contributed by atoms with E-state index in [2.05, 4.69) is 12.1 Å². The molecule has 28 heavy (non-hydrogen) atoms. The molecule has 0 unspecified atom stereocenters. The maximum atomic E-state index is 13.2. The lowest BCUT2D eigenvalue weighted by molar-refractivity contribution is -0.111. The van der Waals surface area contributed by atoms with Crippen LogP contribution in [0.3, 0.4) is 0 Å². The minimum absolute atomic E-state index is 0.0910. The highest BCUT2D eigenvalue weighted by molar-refractivity contribution is 7.08. The van der Waals surface area contributed by atoms with Crippen molar-refractivity contribution in [2.75, 3.05) is 4.90 Å². The molecule has 2 heterocycles. The summed E-state index contributed by atoms with van der Waals surface area (Å²) in [5.41, 5.74) is 6.16. The van der Waals surface area contributed by atoms with Crippen LogP contribution in [-0.2, 0) is 4.79 Å². The topological polar surface area (TPSA) is 32.7 Å². The van der Waals surface area contributed by atoms with Gasteiger partial charge in [-0.1, -0.05) is 60.7 Å². The van der Waals surface area contributed by atoms with Crippen LogP contribution in [0.5, 0.6) is 0 Å². The first-order valence-corrected chi connectivity index (χ1v) is 9.96. The summed E-state index contributed by atoms with van der Waals surface area (Å²) in [6, 6.07) is 28.0. The second-order valence-corrected chi connectivity index (χ2v) is 7.29. The molecule has 1 aliphatic heterocycles. The molecule has 4 heteroatoms. The lowest BCUT2D eigenvalue weighted by atomic mass is 10.1. The van der Waals surface area contributed by atoms with E-state index in [9.17, 15) is 4.79 Å². The number of hydrogen-bond acceptors (Lipinski definition) is 3. The minimum Gasteiger partial charge on any atom is -0.274 e. The molecular weight excluding hydrogens is 364 g/mol. The van der Waals surface area contributed by atoms with Crippen molar-refractivity contribution < 1.29 is 4.79 Å². The average Bonchev–Trinajstić information content (AvgIpc) is 3.36. The third-order valence-corrected chi connectivity index (χ3v) is 5.46. The summed E-state index contributed by atoms with van der Waals surface area (Å²) in [6.45, 7) is 0. The Morgan fingerprint density at radius 1 is 0.750 bits per heavy atom. The summed E-state index contributed by atoms with van der Waals surface area (Å²) in [5.74, 6) is -0.0910. The summed E-state index contributed by atoms with van der Waals surface area (Å²) in [4.78, 5) is 19.6. The van der Waals surface area contributed by atoms with Crippen molar-refractivity contribution in [3.63, 3.8) is 0 Å². The molecule has 3 aromatic carbocycles. The molecule has 1 aliphatic rings. The zero-order valence-corrected chi connectivity index (χ0v) is 15.8. The van der Waals surface area contributed by atoms with Crippen molar-refractivity contribution in [3.05, 3.63) is 101 Å². The third-order valence-electron chi connectivity index (χ3n) is 4.79. The van der Waals surface area contributed by atoms with Crippen LogP contribution < -0.4 is 4.90 Å². The normalized spacial score (nSPS) is 14.5. The van der Waals surface area contributed by atoms with Gasteiger partial charge in [-0.05, 0) is 40.8 Å². The van der Waals surface area contributed by atoms with Gasteiger partial charge in [0.05, 0.1) is 17.1 Å². The molecule has 0 aliphatic carbocycles. The molecule has 0 fully saturated rings. The van der Waals surface area contributed by atoms with Gasteiger partial charge in [0.1, 0.15) is 5.71 Å². The maximum Gasteiger partial charge on any atom is 0.282 e. The quantitative estimate of drug-likeness (QED) is 0.416. The Labute approximate surface area is 167 Å². The number of carbonyl (C=O) groups excluding carboxylic acids is 1. The predicted molar refractivity (Wildman–Crippen MR) is 116 cm³/mol. The smallest absolute Gasteiger partial charge is 0.274 e. The van der Waals surface area contributed by atoms with Crippen molar-refractivity contribution in [1.29, 1.82) is 0 Å². The maximum absolute atomic E-state index is 13.2. The van der Waals surface area contributed by atoms with E-state index in [0.717, 1.165) is 33.8 Å². The van der Waals surface area contributed by atoms with E-state index in [1.807, 2.05) is 83.6 Å². The van der Waals surface area contributed by atoms with E-state index in [1.54, 1.807) is 16.2 Å². The fourth-order valence-corrected chi connectivity index (χ4v) is 4.06. The fourth-order valence-electron chi connectivity index (χ4n) is 3.44. The van der Waals surface area contributed by atoms with Gasteiger partial charge in [0.2, 0.25) is 0 Å². The van der Waals surface area contributed by atoms with Crippen molar-refractivity contribution in [2.24, 2.45) is 4.99 Å². The Kier molecular flexibility index (Phi) is 4.11. The van der Waals surface area contributed by atoms with E-state index >= 15 is 0 Å². The van der Waals surface area contributed by atoms with Crippen LogP contribution in [0.4, 0.5) is 17.1 Å². The number of nitrogens with zero attached hydrogens (tertiary/aromatic N) is 2. The van der Waals surface area contributed by atoms with Gasteiger partial charge in [0.25, 0.3) is 5.91 Å². The van der Waals surface area contributed by atoms with Crippen molar-refractivity contribution in [2.45, 2.75) is 0 Å². The van der Waals surface area contributed by atoms with Crippen LogP contribution in [0.25, 0.3) is 11.1 Å². The molecule has 0 atom stereocenters. The molecule has 1 amide bonds. The summed E-state index contributed by atoms with van der Waals surface area (Å²) < 4.78 is 0. The average molecular weight is 380 g/mol. The summed E-state index contributed by atoms with van der Waals surface area (Å²) in [7, 11) is 0. The summed E-state index contributed by atoms with van der Waals surface area (Å²) >= 11 is 1.57. The first-order chi connectivity index (χ1) is 13.8. The van der Waals surface area contributed by atoms with E-state index in [-0.39, 0.29) is 5.91 Å². The Balaban J connectivity index is 1.54. The number of anilines is 2. The molecule has 5 rings (SSSR count). The monoisotopic (exact) mass is 380 g/mol. The fraction of sp³-hybridized carbons (Fsp3) is 0. The molecular formula is C24H16N2OS. The second kappa shape index (κ2) is 6.91. The highest BCUT2D eigenvalue weighted by Crippen LogP contribution is 2.37. The van der Waals surface area contributed by atoms with Crippen LogP contribution in [0.15, 0.2) is 101 Å². The van der Waals surface area contributed by atoms with Gasteiger partial charge < -0.3 is 0 Å². The lowest BCUT2D eigenvalue weighted by Crippen LogP contribution is -2.24. The zero-order valence-electron chi connectivity index (χ0n) is 14.9. The molecule has 4 aromatic rings. The molecule has 1 aromatic heterocycles. The number of thiophene rings is 1. The predicted octanol–water partition coefficient (Wildman–Crippen LogP) is 6.21. The Bertz CT molecular complexity index is 1160. The molecule has 134 valence electrons. The first-order valence-electron chi connectivity index (χ1n) is 9.01. The van der Waals surface area contributed by atoms with Crippen molar-refractivity contribution >= 4 is 40.0 Å². The number of para-hydroxylation sites is 1. The highest BCUT2D eigenvalue weighted by Gasteiger charge is 2.34. The molecule has 0 bridgehead atoms. The molecule has 0 radical (unpaired) electrons. The number of amides is 1. The number of aliphatic imine (C=N–C) groups is 1. The number of carbonyl (C=O) groups is 1. The van der Waals surface area contributed by atoms with Crippen LogP contribution >= 0.6 is 11.3 Å². The summed E-state index contributed by atoms with van der Waals surface area (Å²) in [5, 5.41) is 3.95. The number of fused-ring (bicyclic) bond motifs is 1. The number of benzene rings is 3. The van der Waals surface area contributed by atoms with Crippen LogP contribution in [0.1, 0.15) is 5.56 Å². The van der Waals surface area contributed by atoms with Gasteiger partial charge in [0.15, 0.2) is 0 Å². The van der Waals surface area contributed by atoms with Gasteiger partial charge in [-0.2, -0.15) is 11.3 Å². The molecule has 0 saturated heterocycles. The number of rotatable bonds is 3. The second-order valence-electron chi connectivity index (χ2n) is 6.51. The van der Waals surface area contributed by atoms with E-state index in [1.165, 1.54) is 0 Å².